The van der Waals surface area contributed by atoms with E-state index in [0.717, 1.165) is 30.7 Å². The van der Waals surface area contributed by atoms with Crippen LogP contribution >= 0.6 is 0 Å². The Kier molecular flexibility index (Phi) is 3.13. The molecule has 1 aliphatic rings. The topological polar surface area (TPSA) is 66.6 Å². The molecular weight excluding hydrogens is 234 g/mol. The molecular formula is C12H18N3O3+. The number of aromatic hydroxyl groups is 1. The summed E-state index contributed by atoms with van der Waals surface area (Å²) < 4.78 is 0.920. The number of hydrogen-bond donors (Lipinski definition) is 1. The molecule has 0 bridgehead atoms. The predicted molar refractivity (Wildman–Crippen MR) is 68.8 cm³/mol. The molecule has 1 N–H and O–H groups in total. The van der Waals surface area contributed by atoms with E-state index in [1.54, 1.807) is 0 Å². The van der Waals surface area contributed by atoms with Gasteiger partial charge in [0.2, 0.25) is 0 Å². The van der Waals surface area contributed by atoms with Crippen molar-refractivity contribution < 1.29 is 14.5 Å². The van der Waals surface area contributed by atoms with Crippen LogP contribution in [0.4, 0.5) is 11.4 Å². The number of anilines is 1. The standard InChI is InChI=1S/C12H17N3O3/c1-15(2)7-5-13(6-8-15)12-9-10(16)3-4-11(12)14(17)18/h3-4,9H,5-8H2,1-2H3/p+1. The molecule has 18 heavy (non-hydrogen) atoms. The van der Waals surface area contributed by atoms with Crippen LogP contribution in [0.1, 0.15) is 0 Å². The van der Waals surface area contributed by atoms with Crippen molar-refractivity contribution in [2.75, 3.05) is 45.2 Å². The summed E-state index contributed by atoms with van der Waals surface area (Å²) >= 11 is 0. The first kappa shape index (κ1) is 12.6. The van der Waals surface area contributed by atoms with Gasteiger partial charge in [0.15, 0.2) is 0 Å². The van der Waals surface area contributed by atoms with Gasteiger partial charge >= 0.3 is 0 Å². The number of piperazine rings is 1. The molecule has 1 aliphatic heterocycles. The van der Waals surface area contributed by atoms with Crippen LogP contribution in [0.15, 0.2) is 18.2 Å². The SMILES string of the molecule is C[N+]1(C)CCN(c2cc(O)ccc2[N+](=O)[O-])CC1. The molecule has 2 rings (SSSR count). The second-order valence-electron chi connectivity index (χ2n) is 5.30. The van der Waals surface area contributed by atoms with Crippen LogP contribution in [0.5, 0.6) is 5.75 Å². The summed E-state index contributed by atoms with van der Waals surface area (Å²) in [5, 5.41) is 20.5. The summed E-state index contributed by atoms with van der Waals surface area (Å²) in [6.45, 7) is 3.40. The van der Waals surface area contributed by atoms with E-state index in [4.69, 9.17) is 0 Å². The number of benzene rings is 1. The van der Waals surface area contributed by atoms with Gasteiger partial charge in [-0.25, -0.2) is 0 Å². The molecule has 0 aromatic heterocycles. The Labute approximate surface area is 106 Å². The molecule has 1 fully saturated rings. The normalized spacial score (nSPS) is 18.7. The molecule has 6 nitrogen and oxygen atoms in total. The number of nitro groups is 1. The molecule has 6 heteroatoms. The van der Waals surface area contributed by atoms with E-state index in [-0.39, 0.29) is 11.4 Å². The quantitative estimate of drug-likeness (QED) is 0.488. The maximum absolute atomic E-state index is 11.0. The number of phenolic OH excluding ortho intramolecular Hbond substituents is 1. The minimum absolute atomic E-state index is 0.0556. The lowest BCUT2D eigenvalue weighted by molar-refractivity contribution is -0.890. The van der Waals surface area contributed by atoms with Gasteiger partial charge in [0.05, 0.1) is 45.2 Å². The fourth-order valence-corrected chi connectivity index (χ4v) is 2.17. The molecule has 0 unspecified atom stereocenters. The second-order valence-corrected chi connectivity index (χ2v) is 5.30. The average Bonchev–Trinajstić information content (AvgIpc) is 2.28. The molecule has 98 valence electrons. The van der Waals surface area contributed by atoms with Crippen molar-refractivity contribution in [3.63, 3.8) is 0 Å². The number of nitrogens with zero attached hydrogens (tertiary/aromatic N) is 3. The van der Waals surface area contributed by atoms with Crippen molar-refractivity contribution in [3.8, 4) is 5.75 Å². The third kappa shape index (κ3) is 2.53. The Balaban J connectivity index is 2.28. The lowest BCUT2D eigenvalue weighted by atomic mass is 10.2. The summed E-state index contributed by atoms with van der Waals surface area (Å²) in [6, 6.07) is 4.19. The van der Waals surface area contributed by atoms with Gasteiger partial charge in [-0.2, -0.15) is 0 Å². The summed E-state index contributed by atoms with van der Waals surface area (Å²) in [7, 11) is 4.29. The van der Waals surface area contributed by atoms with Crippen LogP contribution in [0.3, 0.4) is 0 Å². The average molecular weight is 252 g/mol. The van der Waals surface area contributed by atoms with Crippen LogP contribution in [-0.2, 0) is 0 Å². The van der Waals surface area contributed by atoms with E-state index in [9.17, 15) is 15.2 Å². The maximum atomic E-state index is 11.0. The number of likely N-dealkylation sites (N-methyl/N-ethyl adjacent to an activating group) is 1. The lowest BCUT2D eigenvalue weighted by Crippen LogP contribution is -2.54. The number of phenols is 1. The van der Waals surface area contributed by atoms with Gasteiger partial charge in [0.1, 0.15) is 11.4 Å². The summed E-state index contributed by atoms with van der Waals surface area (Å²) in [5.74, 6) is 0.0647. The van der Waals surface area contributed by atoms with Gasteiger partial charge < -0.3 is 14.5 Å². The summed E-state index contributed by atoms with van der Waals surface area (Å²) in [6.07, 6.45) is 0. The van der Waals surface area contributed by atoms with Crippen molar-refractivity contribution in [2.24, 2.45) is 0 Å². The first-order valence-corrected chi connectivity index (χ1v) is 5.93. The van der Waals surface area contributed by atoms with Gasteiger partial charge in [0.25, 0.3) is 5.69 Å². The Hall–Kier alpha value is -1.82. The van der Waals surface area contributed by atoms with Crippen LogP contribution in [-0.4, -0.2) is 54.8 Å². The molecule has 0 atom stereocenters. The van der Waals surface area contributed by atoms with E-state index in [1.165, 1.54) is 18.2 Å². The van der Waals surface area contributed by atoms with E-state index in [1.807, 2.05) is 4.90 Å². The Morgan fingerprint density at radius 3 is 2.50 bits per heavy atom. The highest BCUT2D eigenvalue weighted by Gasteiger charge is 2.28. The highest BCUT2D eigenvalue weighted by Crippen LogP contribution is 2.32. The van der Waals surface area contributed by atoms with Gasteiger partial charge in [-0.05, 0) is 6.07 Å². The van der Waals surface area contributed by atoms with E-state index in [2.05, 4.69) is 14.1 Å². The van der Waals surface area contributed by atoms with Crippen molar-refractivity contribution >= 4 is 11.4 Å². The van der Waals surface area contributed by atoms with E-state index in [0.29, 0.717) is 5.69 Å². The lowest BCUT2D eigenvalue weighted by Gasteiger charge is -2.39. The molecule has 1 heterocycles. The second kappa shape index (κ2) is 4.45. The molecule has 1 aromatic rings. The van der Waals surface area contributed by atoms with E-state index >= 15 is 0 Å². The Morgan fingerprint density at radius 1 is 1.33 bits per heavy atom. The zero-order valence-electron chi connectivity index (χ0n) is 10.7. The number of nitro benzene ring substituents is 1. The summed E-state index contributed by atoms with van der Waals surface area (Å²) in [5.41, 5.74) is 0.569. The van der Waals surface area contributed by atoms with Gasteiger partial charge in [-0.3, -0.25) is 10.1 Å². The zero-order chi connectivity index (χ0) is 13.3. The third-order valence-corrected chi connectivity index (χ3v) is 3.45. The first-order chi connectivity index (χ1) is 8.39. The molecule has 0 amide bonds. The Bertz CT molecular complexity index is 464. The molecule has 0 spiro atoms. The molecule has 1 saturated heterocycles. The highest BCUT2D eigenvalue weighted by atomic mass is 16.6. The molecule has 1 aromatic carbocycles. The van der Waals surface area contributed by atoms with E-state index < -0.39 is 4.92 Å². The predicted octanol–water partition coefficient (Wildman–Crippen LogP) is 1.20. The van der Waals surface area contributed by atoms with Crippen molar-refractivity contribution in [1.29, 1.82) is 0 Å². The van der Waals surface area contributed by atoms with Crippen molar-refractivity contribution in [1.82, 2.24) is 0 Å². The smallest absolute Gasteiger partial charge is 0.292 e. The monoisotopic (exact) mass is 252 g/mol. The summed E-state index contributed by atoms with van der Waals surface area (Å²) in [4.78, 5) is 12.6. The van der Waals surface area contributed by atoms with Gasteiger partial charge in [0, 0.05) is 12.1 Å². The maximum Gasteiger partial charge on any atom is 0.292 e. The van der Waals surface area contributed by atoms with Crippen LogP contribution in [0, 0.1) is 10.1 Å². The fourth-order valence-electron chi connectivity index (χ4n) is 2.17. The minimum atomic E-state index is -0.399. The van der Waals surface area contributed by atoms with Crippen molar-refractivity contribution in [3.05, 3.63) is 28.3 Å². The van der Waals surface area contributed by atoms with Crippen LogP contribution in [0.2, 0.25) is 0 Å². The van der Waals surface area contributed by atoms with Gasteiger partial charge in [-0.1, -0.05) is 0 Å². The molecule has 0 aliphatic carbocycles. The van der Waals surface area contributed by atoms with Crippen LogP contribution < -0.4 is 4.90 Å². The third-order valence-electron chi connectivity index (χ3n) is 3.45. The minimum Gasteiger partial charge on any atom is -0.508 e. The van der Waals surface area contributed by atoms with Gasteiger partial charge in [-0.15, -0.1) is 0 Å². The largest absolute Gasteiger partial charge is 0.508 e. The van der Waals surface area contributed by atoms with Crippen molar-refractivity contribution in [2.45, 2.75) is 0 Å². The fraction of sp³-hybridized carbons (Fsp3) is 0.500. The number of hydrogen-bond acceptors (Lipinski definition) is 4. The van der Waals surface area contributed by atoms with Crippen LogP contribution in [0.25, 0.3) is 0 Å². The number of quaternary nitrogens is 1. The zero-order valence-corrected chi connectivity index (χ0v) is 10.7. The molecule has 0 radical (unpaired) electrons. The first-order valence-electron chi connectivity index (χ1n) is 5.93. The highest BCUT2D eigenvalue weighted by molar-refractivity contribution is 5.65. The number of rotatable bonds is 2. The molecule has 0 saturated carbocycles. The Morgan fingerprint density at radius 2 is 1.94 bits per heavy atom.